The minimum Gasteiger partial charge on any atom is -0.346 e. The first-order chi connectivity index (χ1) is 13.9. The first kappa shape index (κ1) is 21.8. The van der Waals surface area contributed by atoms with Crippen LogP contribution in [0.2, 0.25) is 5.02 Å². The lowest BCUT2D eigenvalue weighted by Crippen LogP contribution is -2.07. The molecule has 0 radical (unpaired) electrons. The van der Waals surface area contributed by atoms with Crippen LogP contribution >= 0.6 is 11.6 Å². The van der Waals surface area contributed by atoms with E-state index in [1.165, 1.54) is 12.3 Å². The summed E-state index contributed by atoms with van der Waals surface area (Å²) in [6, 6.07) is 8.29. The molecule has 0 fully saturated rings. The number of nitrogens with one attached hydrogen (secondary N) is 1. The van der Waals surface area contributed by atoms with Crippen molar-refractivity contribution in [2.75, 3.05) is 0 Å². The molecule has 0 unspecified atom stereocenters. The second kappa shape index (κ2) is 8.83. The van der Waals surface area contributed by atoms with Crippen molar-refractivity contribution < 1.29 is 13.2 Å². The molecule has 0 saturated heterocycles. The maximum Gasteiger partial charge on any atom is 0.433 e. The van der Waals surface area contributed by atoms with Gasteiger partial charge < -0.3 is 4.98 Å². The molecule has 0 aliphatic carbocycles. The summed E-state index contributed by atoms with van der Waals surface area (Å²) in [6.45, 7) is 0. The summed E-state index contributed by atoms with van der Waals surface area (Å²) in [6.07, 6.45) is 4.08. The van der Waals surface area contributed by atoms with Crippen LogP contribution in [0.15, 0.2) is 55.1 Å². The number of hydrogen-bond acceptors (Lipinski definition) is 3. The van der Waals surface area contributed by atoms with E-state index in [0.717, 1.165) is 39.5 Å². The number of halogens is 4. The highest BCUT2D eigenvalue weighted by Crippen LogP contribution is 2.27. The zero-order chi connectivity index (χ0) is 20.4. The van der Waals surface area contributed by atoms with E-state index >= 15 is 0 Å². The molecule has 0 aliphatic rings. The predicted molar refractivity (Wildman–Crippen MR) is 112 cm³/mol. The van der Waals surface area contributed by atoms with Crippen LogP contribution in [0.5, 0.6) is 0 Å². The molecule has 4 rings (SSSR count). The van der Waals surface area contributed by atoms with Crippen molar-refractivity contribution in [1.29, 1.82) is 0 Å². The van der Waals surface area contributed by atoms with Crippen LogP contribution in [-0.2, 0) is 25.4 Å². The van der Waals surface area contributed by atoms with E-state index in [0.29, 0.717) is 24.3 Å². The molecule has 8 heteroatoms. The zero-order valence-electron chi connectivity index (χ0n) is 15.2. The molecule has 4 heterocycles. The molecule has 0 bridgehead atoms. The van der Waals surface area contributed by atoms with Crippen molar-refractivity contribution in [2.24, 2.45) is 0 Å². The molecule has 0 aromatic carbocycles. The largest absolute Gasteiger partial charge is 0.433 e. The third kappa shape index (κ3) is 4.97. The lowest BCUT2D eigenvalue weighted by atomic mass is 10.1. The summed E-state index contributed by atoms with van der Waals surface area (Å²) in [5.41, 5.74) is 3.66. The number of H-pyrrole nitrogens is 1. The molecular weight excluding hydrogens is 413 g/mol. The van der Waals surface area contributed by atoms with E-state index in [4.69, 9.17) is 11.6 Å². The lowest BCUT2D eigenvalue weighted by Gasteiger charge is -2.07. The van der Waals surface area contributed by atoms with Crippen LogP contribution in [-0.4, -0.2) is 19.9 Å². The number of pyridine rings is 3. The molecule has 0 spiro atoms. The molecule has 4 aromatic rings. The topological polar surface area (TPSA) is 54.5 Å². The Balaban J connectivity index is 0.00000256. The Hall–Kier alpha value is -2.93. The first-order valence-corrected chi connectivity index (χ1v) is 9.34. The first-order valence-electron chi connectivity index (χ1n) is 8.96. The Morgan fingerprint density at radius 1 is 0.900 bits per heavy atom. The van der Waals surface area contributed by atoms with Crippen LogP contribution < -0.4 is 0 Å². The monoisotopic (exact) mass is 432 g/mol. The molecule has 0 saturated carbocycles. The fourth-order valence-corrected chi connectivity index (χ4v) is 3.28. The Bertz CT molecular complexity index is 1120. The summed E-state index contributed by atoms with van der Waals surface area (Å²) >= 11 is 6.04. The standard InChI is InChI=1S/C21H16ClF3N4.CH4/c22-16-8-18-15(11-28-20(18)29-12-16)7-14-2-5-17(26-10-14)4-1-13-3-6-19(27-9-13)21(23,24)25;/h2-3,5-6,8-12H,1,4,7H2,(H,28,29);1H4. The Kier molecular flexibility index (Phi) is 6.41. The summed E-state index contributed by atoms with van der Waals surface area (Å²) in [7, 11) is 0. The highest BCUT2D eigenvalue weighted by atomic mass is 35.5. The second-order valence-electron chi connectivity index (χ2n) is 6.75. The lowest BCUT2D eigenvalue weighted by molar-refractivity contribution is -0.141. The van der Waals surface area contributed by atoms with Gasteiger partial charge in [-0.05, 0) is 47.7 Å². The Morgan fingerprint density at radius 2 is 1.67 bits per heavy atom. The summed E-state index contributed by atoms with van der Waals surface area (Å²) in [4.78, 5) is 15.4. The van der Waals surface area contributed by atoms with Crippen LogP contribution in [0, 0.1) is 0 Å². The van der Waals surface area contributed by atoms with Gasteiger partial charge in [-0.1, -0.05) is 31.2 Å². The van der Waals surface area contributed by atoms with Crippen molar-refractivity contribution in [1.82, 2.24) is 19.9 Å². The van der Waals surface area contributed by atoms with Crippen molar-refractivity contribution in [3.63, 3.8) is 0 Å². The fourth-order valence-electron chi connectivity index (χ4n) is 3.12. The number of fused-ring (bicyclic) bond motifs is 1. The molecule has 0 aliphatic heterocycles. The van der Waals surface area contributed by atoms with Gasteiger partial charge in [0, 0.05) is 42.3 Å². The third-order valence-corrected chi connectivity index (χ3v) is 4.86. The number of aryl methyl sites for hydroxylation is 2. The molecule has 4 nitrogen and oxygen atoms in total. The average molecular weight is 433 g/mol. The van der Waals surface area contributed by atoms with E-state index in [-0.39, 0.29) is 7.43 Å². The van der Waals surface area contributed by atoms with Gasteiger partial charge in [0.25, 0.3) is 0 Å². The summed E-state index contributed by atoms with van der Waals surface area (Å²) in [5, 5.41) is 1.57. The second-order valence-corrected chi connectivity index (χ2v) is 7.18. The van der Waals surface area contributed by atoms with E-state index in [1.807, 2.05) is 30.6 Å². The number of alkyl halides is 3. The fraction of sp³-hybridized carbons (Fsp3) is 0.227. The molecule has 0 amide bonds. The highest BCUT2D eigenvalue weighted by molar-refractivity contribution is 6.31. The summed E-state index contributed by atoms with van der Waals surface area (Å²) in [5.74, 6) is 0. The van der Waals surface area contributed by atoms with Crippen LogP contribution in [0.4, 0.5) is 13.2 Å². The van der Waals surface area contributed by atoms with Crippen molar-refractivity contribution in [3.05, 3.63) is 88.2 Å². The molecule has 30 heavy (non-hydrogen) atoms. The van der Waals surface area contributed by atoms with Gasteiger partial charge in [-0.3, -0.25) is 9.97 Å². The molecule has 1 N–H and O–H groups in total. The normalized spacial score (nSPS) is 11.5. The SMILES string of the molecule is C.FC(F)(F)c1ccc(CCc2ccc(Cc3c[nH]c4ncc(Cl)cc34)cn2)cn1. The number of nitrogens with zero attached hydrogens (tertiary/aromatic N) is 3. The third-order valence-electron chi connectivity index (χ3n) is 4.65. The number of aromatic nitrogens is 4. The van der Waals surface area contributed by atoms with Gasteiger partial charge in [0.1, 0.15) is 11.3 Å². The van der Waals surface area contributed by atoms with E-state index < -0.39 is 11.9 Å². The number of aromatic amines is 1. The van der Waals surface area contributed by atoms with Gasteiger partial charge in [0.15, 0.2) is 0 Å². The van der Waals surface area contributed by atoms with Crippen molar-refractivity contribution >= 4 is 22.6 Å². The van der Waals surface area contributed by atoms with Gasteiger partial charge in [0.05, 0.1) is 5.02 Å². The number of rotatable bonds is 5. The average Bonchev–Trinajstić information content (AvgIpc) is 3.09. The van der Waals surface area contributed by atoms with Gasteiger partial charge in [-0.25, -0.2) is 4.98 Å². The van der Waals surface area contributed by atoms with E-state index in [2.05, 4.69) is 19.9 Å². The molecule has 0 atom stereocenters. The van der Waals surface area contributed by atoms with Crippen molar-refractivity contribution in [3.8, 4) is 0 Å². The predicted octanol–water partition coefficient (Wildman–Crippen LogP) is 6.04. The van der Waals surface area contributed by atoms with Crippen LogP contribution in [0.3, 0.4) is 0 Å². The van der Waals surface area contributed by atoms with Crippen LogP contribution in [0.25, 0.3) is 11.0 Å². The molecular formula is C22H20ClF3N4. The maximum absolute atomic E-state index is 12.6. The quantitative estimate of drug-likeness (QED) is 0.418. The van der Waals surface area contributed by atoms with Gasteiger partial charge in [-0.15, -0.1) is 0 Å². The van der Waals surface area contributed by atoms with Crippen molar-refractivity contribution in [2.45, 2.75) is 32.9 Å². The number of hydrogen-bond donors (Lipinski definition) is 1. The van der Waals surface area contributed by atoms with Gasteiger partial charge >= 0.3 is 6.18 Å². The van der Waals surface area contributed by atoms with Crippen LogP contribution in [0.1, 0.15) is 35.5 Å². The highest BCUT2D eigenvalue weighted by Gasteiger charge is 2.31. The van der Waals surface area contributed by atoms with Gasteiger partial charge in [0.2, 0.25) is 0 Å². The molecule has 156 valence electrons. The minimum absolute atomic E-state index is 0. The smallest absolute Gasteiger partial charge is 0.346 e. The summed E-state index contributed by atoms with van der Waals surface area (Å²) < 4.78 is 37.7. The zero-order valence-corrected chi connectivity index (χ0v) is 15.9. The Morgan fingerprint density at radius 3 is 2.33 bits per heavy atom. The van der Waals surface area contributed by atoms with E-state index in [1.54, 1.807) is 6.20 Å². The minimum atomic E-state index is -4.41. The molecule has 4 aromatic heterocycles. The van der Waals surface area contributed by atoms with E-state index in [9.17, 15) is 13.2 Å². The van der Waals surface area contributed by atoms with Gasteiger partial charge in [-0.2, -0.15) is 13.2 Å². The Labute approximate surface area is 177 Å². The maximum atomic E-state index is 12.6.